The first-order valence-corrected chi connectivity index (χ1v) is 5.15. The van der Waals surface area contributed by atoms with Gasteiger partial charge in [-0.3, -0.25) is 14.9 Å². The minimum atomic E-state index is -0.204. The summed E-state index contributed by atoms with van der Waals surface area (Å²) < 4.78 is 5.02. The number of nitrogens with zero attached hydrogens (tertiary/aromatic N) is 1. The molecule has 2 amide bonds. The van der Waals surface area contributed by atoms with Crippen LogP contribution in [0.5, 0.6) is 0 Å². The smallest absolute Gasteiger partial charge is 0.301 e. The first-order chi connectivity index (χ1) is 7.65. The van der Waals surface area contributed by atoms with E-state index in [-0.39, 0.29) is 23.7 Å². The van der Waals surface area contributed by atoms with E-state index in [2.05, 4.69) is 15.6 Å². The van der Waals surface area contributed by atoms with Gasteiger partial charge in [0, 0.05) is 13.0 Å². The van der Waals surface area contributed by atoms with E-state index in [9.17, 15) is 9.59 Å². The number of anilines is 1. The van der Waals surface area contributed by atoms with Crippen LogP contribution in [-0.4, -0.2) is 23.3 Å². The molecule has 1 atom stereocenters. The van der Waals surface area contributed by atoms with Crippen molar-refractivity contribution in [3.8, 4) is 0 Å². The van der Waals surface area contributed by atoms with Crippen LogP contribution in [-0.2, 0) is 9.59 Å². The molecule has 0 radical (unpaired) electrons. The summed E-state index contributed by atoms with van der Waals surface area (Å²) in [7, 11) is 0. The molecule has 1 fully saturated rings. The summed E-state index contributed by atoms with van der Waals surface area (Å²) in [6.07, 6.45) is 2.43. The van der Waals surface area contributed by atoms with Gasteiger partial charge in [0.2, 0.25) is 11.8 Å². The topological polar surface area (TPSA) is 84.2 Å². The van der Waals surface area contributed by atoms with Crippen molar-refractivity contribution < 1.29 is 14.0 Å². The van der Waals surface area contributed by atoms with Gasteiger partial charge in [0.05, 0.1) is 11.6 Å². The number of carbonyl (C=O) groups excluding carboxylic acids is 2. The van der Waals surface area contributed by atoms with E-state index in [0.29, 0.717) is 25.1 Å². The summed E-state index contributed by atoms with van der Waals surface area (Å²) in [5.74, 6) is -0.372. The molecule has 0 aromatic carbocycles. The van der Waals surface area contributed by atoms with Crippen molar-refractivity contribution in [2.75, 3.05) is 11.9 Å². The molecule has 2 N–H and O–H groups in total. The Bertz CT molecular complexity index is 403. The first-order valence-electron chi connectivity index (χ1n) is 5.15. The van der Waals surface area contributed by atoms with Crippen molar-refractivity contribution in [3.05, 3.63) is 12.0 Å². The molecule has 2 heterocycles. The third kappa shape index (κ3) is 2.39. The number of rotatable bonds is 2. The van der Waals surface area contributed by atoms with E-state index in [1.165, 1.54) is 6.26 Å². The Balaban J connectivity index is 1.91. The number of aryl methyl sites for hydroxylation is 1. The van der Waals surface area contributed by atoms with Crippen LogP contribution in [0.25, 0.3) is 0 Å². The highest BCUT2D eigenvalue weighted by molar-refractivity contribution is 5.92. The summed E-state index contributed by atoms with van der Waals surface area (Å²) in [6.45, 7) is 2.16. The minimum Gasteiger partial charge on any atom is -0.432 e. The number of hydrogen-bond donors (Lipinski definition) is 2. The Hall–Kier alpha value is -1.85. The largest absolute Gasteiger partial charge is 0.432 e. The molecule has 0 bridgehead atoms. The summed E-state index contributed by atoms with van der Waals surface area (Å²) >= 11 is 0. The number of hydrogen-bond acceptors (Lipinski definition) is 4. The predicted molar refractivity (Wildman–Crippen MR) is 55.6 cm³/mol. The van der Waals surface area contributed by atoms with Crippen molar-refractivity contribution in [3.63, 3.8) is 0 Å². The number of carbonyl (C=O) groups is 2. The van der Waals surface area contributed by atoms with Crippen molar-refractivity contribution in [2.24, 2.45) is 5.92 Å². The third-order valence-electron chi connectivity index (χ3n) is 2.49. The average molecular weight is 223 g/mol. The fraction of sp³-hybridized carbons (Fsp3) is 0.500. The Labute approximate surface area is 92.4 Å². The summed E-state index contributed by atoms with van der Waals surface area (Å²) in [6, 6.07) is 0.208. The molecule has 0 spiro atoms. The summed E-state index contributed by atoms with van der Waals surface area (Å²) in [4.78, 5) is 26.6. The molecule has 1 saturated heterocycles. The molecule has 1 aliphatic heterocycles. The van der Waals surface area contributed by atoms with Crippen LogP contribution in [0.1, 0.15) is 18.5 Å². The molecule has 1 aromatic heterocycles. The lowest BCUT2D eigenvalue weighted by Gasteiger charge is -2.20. The molecular formula is C10H13N3O3. The zero-order valence-corrected chi connectivity index (χ0v) is 8.95. The zero-order valence-electron chi connectivity index (χ0n) is 8.95. The lowest BCUT2D eigenvalue weighted by molar-refractivity contribution is -0.126. The maximum atomic E-state index is 11.7. The lowest BCUT2D eigenvalue weighted by atomic mass is 9.98. The second-order valence-electron chi connectivity index (χ2n) is 3.82. The highest BCUT2D eigenvalue weighted by Gasteiger charge is 2.25. The highest BCUT2D eigenvalue weighted by Crippen LogP contribution is 2.14. The van der Waals surface area contributed by atoms with Crippen molar-refractivity contribution in [2.45, 2.75) is 19.8 Å². The normalized spacial score (nSPS) is 20.3. The van der Waals surface area contributed by atoms with Crippen LogP contribution in [0.15, 0.2) is 10.7 Å². The molecule has 0 saturated carbocycles. The van der Waals surface area contributed by atoms with Crippen molar-refractivity contribution >= 4 is 17.8 Å². The standard InChI is InChI=1S/C10H13N3O3/c1-6-5-16-10(12-6)13-9(15)7-2-3-8(14)11-4-7/h5,7H,2-4H2,1H3,(H,11,14)(H,12,13,15). The number of aromatic nitrogens is 1. The van der Waals surface area contributed by atoms with Gasteiger partial charge in [-0.2, -0.15) is 4.98 Å². The first kappa shape index (κ1) is 10.7. The molecule has 86 valence electrons. The number of amides is 2. The van der Waals surface area contributed by atoms with Gasteiger partial charge >= 0.3 is 6.01 Å². The third-order valence-corrected chi connectivity index (χ3v) is 2.49. The van der Waals surface area contributed by atoms with E-state index in [1.807, 2.05) is 0 Å². The lowest BCUT2D eigenvalue weighted by Crippen LogP contribution is -2.40. The Morgan fingerprint density at radius 2 is 2.50 bits per heavy atom. The van der Waals surface area contributed by atoms with E-state index in [0.717, 1.165) is 0 Å². The number of nitrogens with one attached hydrogen (secondary N) is 2. The molecular weight excluding hydrogens is 210 g/mol. The number of oxazole rings is 1. The van der Waals surface area contributed by atoms with Gasteiger partial charge in [-0.05, 0) is 13.3 Å². The van der Waals surface area contributed by atoms with Crippen LogP contribution in [0.3, 0.4) is 0 Å². The monoisotopic (exact) mass is 223 g/mol. The number of piperidine rings is 1. The van der Waals surface area contributed by atoms with E-state index in [1.54, 1.807) is 6.92 Å². The Kier molecular flexibility index (Phi) is 2.89. The predicted octanol–water partition coefficient (Wildman–Crippen LogP) is 0.448. The van der Waals surface area contributed by atoms with Crippen LogP contribution in [0.2, 0.25) is 0 Å². The average Bonchev–Trinajstić information content (AvgIpc) is 2.65. The van der Waals surface area contributed by atoms with Crippen molar-refractivity contribution in [1.82, 2.24) is 10.3 Å². The van der Waals surface area contributed by atoms with Gasteiger partial charge < -0.3 is 9.73 Å². The maximum Gasteiger partial charge on any atom is 0.301 e. The van der Waals surface area contributed by atoms with Crippen molar-refractivity contribution in [1.29, 1.82) is 0 Å². The van der Waals surface area contributed by atoms with Gasteiger partial charge in [-0.1, -0.05) is 0 Å². The molecule has 16 heavy (non-hydrogen) atoms. The summed E-state index contributed by atoms with van der Waals surface area (Å²) in [5, 5.41) is 5.23. The molecule has 6 heteroatoms. The highest BCUT2D eigenvalue weighted by atomic mass is 16.4. The molecule has 6 nitrogen and oxygen atoms in total. The molecule has 1 aliphatic rings. The van der Waals surface area contributed by atoms with E-state index in [4.69, 9.17) is 4.42 Å². The summed E-state index contributed by atoms with van der Waals surface area (Å²) in [5.41, 5.74) is 0.715. The van der Waals surface area contributed by atoms with Crippen LogP contribution >= 0.6 is 0 Å². The second kappa shape index (κ2) is 4.34. The fourth-order valence-corrected chi connectivity index (χ4v) is 1.58. The maximum absolute atomic E-state index is 11.7. The van der Waals surface area contributed by atoms with E-state index < -0.39 is 0 Å². The van der Waals surface area contributed by atoms with Gasteiger partial charge in [0.1, 0.15) is 6.26 Å². The zero-order chi connectivity index (χ0) is 11.5. The second-order valence-corrected chi connectivity index (χ2v) is 3.82. The van der Waals surface area contributed by atoms with Gasteiger partial charge in [-0.15, -0.1) is 0 Å². The SMILES string of the molecule is Cc1coc(NC(=O)C2CCC(=O)NC2)n1. The van der Waals surface area contributed by atoms with Gasteiger partial charge in [-0.25, -0.2) is 0 Å². The van der Waals surface area contributed by atoms with Crippen LogP contribution < -0.4 is 10.6 Å². The fourth-order valence-electron chi connectivity index (χ4n) is 1.58. The van der Waals surface area contributed by atoms with Gasteiger partial charge in [0.15, 0.2) is 0 Å². The Morgan fingerprint density at radius 1 is 1.69 bits per heavy atom. The van der Waals surface area contributed by atoms with Crippen LogP contribution in [0.4, 0.5) is 6.01 Å². The van der Waals surface area contributed by atoms with Crippen LogP contribution in [0, 0.1) is 12.8 Å². The minimum absolute atomic E-state index is 0.00369. The molecule has 1 aromatic rings. The molecule has 2 rings (SSSR count). The molecule has 0 aliphatic carbocycles. The van der Waals surface area contributed by atoms with Gasteiger partial charge in [0.25, 0.3) is 0 Å². The van der Waals surface area contributed by atoms with E-state index >= 15 is 0 Å². The molecule has 1 unspecified atom stereocenters. The quantitative estimate of drug-likeness (QED) is 0.762. The Morgan fingerprint density at radius 3 is 3.06 bits per heavy atom.